The van der Waals surface area contributed by atoms with Crippen LogP contribution in [-0.2, 0) is 6.54 Å². The van der Waals surface area contributed by atoms with Crippen molar-refractivity contribution in [1.82, 2.24) is 19.7 Å². The number of nitrogens with one attached hydrogen (secondary N) is 1. The molecule has 3 rings (SSSR count). The Balaban J connectivity index is 2.10. The first-order chi connectivity index (χ1) is 13.5. The minimum absolute atomic E-state index is 0.0116. The van der Waals surface area contributed by atoms with Gasteiger partial charge in [-0.05, 0) is 33.8 Å². The molecular weight excluding hydrogens is 358 g/mol. The zero-order valence-corrected chi connectivity index (χ0v) is 17.5. The molecule has 0 saturated carbocycles. The van der Waals surface area contributed by atoms with Gasteiger partial charge in [0.05, 0.1) is 38.5 Å². The fraction of sp³-hybridized carbons (Fsp3) is 0.450. The molecule has 1 unspecified atom stereocenters. The van der Waals surface area contributed by atoms with Crippen LogP contribution in [0.15, 0.2) is 12.4 Å². The van der Waals surface area contributed by atoms with Crippen LogP contribution in [0.3, 0.4) is 0 Å². The molecule has 8 nitrogen and oxygen atoms in total. The first-order valence-electron chi connectivity index (χ1n) is 9.20. The summed E-state index contributed by atoms with van der Waals surface area (Å²) in [6.07, 6.45) is 1.51. The van der Waals surface area contributed by atoms with Crippen molar-refractivity contribution in [2.24, 2.45) is 0 Å². The minimum Gasteiger partial charge on any atom is -0.493 e. The number of aryl methyl sites for hydroxylation is 2. The number of hydrogen-bond donors (Lipinski definition) is 1. The lowest BCUT2D eigenvalue weighted by Gasteiger charge is -2.19. The number of fused-ring (bicyclic) bond motifs is 1. The smallest absolute Gasteiger partial charge is 0.205 e. The van der Waals surface area contributed by atoms with E-state index in [1.165, 1.54) is 11.9 Å². The molecule has 0 spiro atoms. The Morgan fingerprint density at radius 1 is 1.07 bits per heavy atom. The van der Waals surface area contributed by atoms with Gasteiger partial charge in [0.2, 0.25) is 5.75 Å². The number of rotatable bonds is 7. The van der Waals surface area contributed by atoms with Gasteiger partial charge in [-0.15, -0.1) is 0 Å². The van der Waals surface area contributed by atoms with Crippen molar-refractivity contribution >= 4 is 16.7 Å². The maximum absolute atomic E-state index is 5.56. The summed E-state index contributed by atoms with van der Waals surface area (Å²) in [6.45, 7) is 9.14. The molecular formula is C20H27N5O3. The van der Waals surface area contributed by atoms with Crippen molar-refractivity contribution in [1.29, 1.82) is 0 Å². The van der Waals surface area contributed by atoms with Gasteiger partial charge in [-0.25, -0.2) is 9.97 Å². The Kier molecular flexibility index (Phi) is 5.58. The highest BCUT2D eigenvalue weighted by molar-refractivity contribution is 5.96. The van der Waals surface area contributed by atoms with Gasteiger partial charge >= 0.3 is 0 Å². The van der Waals surface area contributed by atoms with Gasteiger partial charge in [-0.3, -0.25) is 4.68 Å². The summed E-state index contributed by atoms with van der Waals surface area (Å²) < 4.78 is 18.5. The normalized spacial score (nSPS) is 12.1. The van der Waals surface area contributed by atoms with Crippen LogP contribution in [0.1, 0.15) is 36.8 Å². The van der Waals surface area contributed by atoms with E-state index in [0.717, 1.165) is 23.3 Å². The Labute approximate surface area is 164 Å². The molecule has 2 heterocycles. The average molecular weight is 385 g/mol. The maximum Gasteiger partial charge on any atom is 0.205 e. The summed E-state index contributed by atoms with van der Waals surface area (Å²) >= 11 is 0. The quantitative estimate of drug-likeness (QED) is 0.664. The summed E-state index contributed by atoms with van der Waals surface area (Å²) in [5, 5.41) is 8.92. The summed E-state index contributed by atoms with van der Waals surface area (Å²) in [5.74, 6) is 2.27. The van der Waals surface area contributed by atoms with Crippen LogP contribution in [-0.4, -0.2) is 41.1 Å². The maximum atomic E-state index is 5.56. The summed E-state index contributed by atoms with van der Waals surface area (Å²) in [5.41, 5.74) is 3.98. The van der Waals surface area contributed by atoms with Crippen molar-refractivity contribution in [3.63, 3.8) is 0 Å². The lowest BCUT2D eigenvalue weighted by atomic mass is 10.1. The van der Waals surface area contributed by atoms with Gasteiger partial charge in [-0.1, -0.05) is 0 Å². The van der Waals surface area contributed by atoms with E-state index in [1.807, 2.05) is 17.7 Å². The van der Waals surface area contributed by atoms with Crippen molar-refractivity contribution < 1.29 is 14.2 Å². The molecule has 2 aromatic heterocycles. The van der Waals surface area contributed by atoms with Crippen LogP contribution >= 0.6 is 0 Å². The zero-order chi connectivity index (χ0) is 20.4. The molecule has 1 aromatic carbocycles. The SMILES string of the molecule is CCn1nc(C)c(C(C)Nc2ncnc3c(OC)c(OC)c(OC)cc23)c1C. The van der Waals surface area contributed by atoms with Crippen molar-refractivity contribution in [2.75, 3.05) is 26.6 Å². The fourth-order valence-corrected chi connectivity index (χ4v) is 3.70. The summed E-state index contributed by atoms with van der Waals surface area (Å²) in [7, 11) is 4.75. The topological polar surface area (TPSA) is 83.3 Å². The van der Waals surface area contributed by atoms with Crippen molar-refractivity contribution in [2.45, 2.75) is 40.3 Å². The number of nitrogens with zero attached hydrogens (tertiary/aromatic N) is 4. The molecule has 8 heteroatoms. The second-order valence-corrected chi connectivity index (χ2v) is 6.53. The molecule has 150 valence electrons. The van der Waals surface area contributed by atoms with E-state index < -0.39 is 0 Å². The molecule has 0 amide bonds. The van der Waals surface area contributed by atoms with Gasteiger partial charge in [0.15, 0.2) is 11.5 Å². The van der Waals surface area contributed by atoms with Crippen molar-refractivity contribution in [3.05, 3.63) is 29.3 Å². The minimum atomic E-state index is 0.0116. The second-order valence-electron chi connectivity index (χ2n) is 6.53. The highest BCUT2D eigenvalue weighted by atomic mass is 16.5. The number of benzene rings is 1. The van der Waals surface area contributed by atoms with Gasteiger partial charge in [0, 0.05) is 17.8 Å². The molecule has 0 fully saturated rings. The lowest BCUT2D eigenvalue weighted by Crippen LogP contribution is -2.11. The first-order valence-corrected chi connectivity index (χ1v) is 9.20. The Hall–Kier alpha value is -3.03. The fourth-order valence-electron chi connectivity index (χ4n) is 3.70. The van der Waals surface area contributed by atoms with E-state index in [-0.39, 0.29) is 6.04 Å². The van der Waals surface area contributed by atoms with Gasteiger partial charge in [0.1, 0.15) is 17.7 Å². The number of aromatic nitrogens is 4. The Morgan fingerprint density at radius 3 is 2.36 bits per heavy atom. The Bertz CT molecular complexity index is 999. The first kappa shape index (κ1) is 19.7. The molecule has 0 radical (unpaired) electrons. The van der Waals surface area contributed by atoms with E-state index in [4.69, 9.17) is 14.2 Å². The molecule has 1 atom stereocenters. The van der Waals surface area contributed by atoms with Crippen molar-refractivity contribution in [3.8, 4) is 17.2 Å². The lowest BCUT2D eigenvalue weighted by molar-refractivity contribution is 0.327. The third-order valence-corrected chi connectivity index (χ3v) is 4.96. The second kappa shape index (κ2) is 7.92. The monoisotopic (exact) mass is 385 g/mol. The third-order valence-electron chi connectivity index (χ3n) is 4.96. The molecule has 0 aliphatic carbocycles. The number of hydrogen-bond acceptors (Lipinski definition) is 7. The Morgan fingerprint density at radius 2 is 1.79 bits per heavy atom. The van der Waals surface area contributed by atoms with E-state index in [9.17, 15) is 0 Å². The van der Waals surface area contributed by atoms with Gasteiger partial charge < -0.3 is 19.5 Å². The van der Waals surface area contributed by atoms with Crippen LogP contribution in [0.2, 0.25) is 0 Å². The highest BCUT2D eigenvalue weighted by Gasteiger charge is 2.22. The highest BCUT2D eigenvalue weighted by Crippen LogP contribution is 2.44. The van der Waals surface area contributed by atoms with Crippen LogP contribution in [0.25, 0.3) is 10.9 Å². The summed E-state index contributed by atoms with van der Waals surface area (Å²) in [6, 6.07) is 1.87. The van der Waals surface area contributed by atoms with E-state index in [2.05, 4.69) is 41.2 Å². The molecule has 0 bridgehead atoms. The molecule has 28 heavy (non-hydrogen) atoms. The van der Waals surface area contributed by atoms with Crippen LogP contribution in [0, 0.1) is 13.8 Å². The number of anilines is 1. The zero-order valence-electron chi connectivity index (χ0n) is 17.5. The van der Waals surface area contributed by atoms with E-state index >= 15 is 0 Å². The average Bonchev–Trinajstić information content (AvgIpc) is 2.99. The van der Waals surface area contributed by atoms with Gasteiger partial charge in [0.25, 0.3) is 0 Å². The third kappa shape index (κ3) is 3.19. The molecule has 1 N–H and O–H groups in total. The molecule has 0 aliphatic heterocycles. The van der Waals surface area contributed by atoms with E-state index in [0.29, 0.717) is 28.6 Å². The van der Waals surface area contributed by atoms with E-state index in [1.54, 1.807) is 21.3 Å². The van der Waals surface area contributed by atoms with Crippen LogP contribution < -0.4 is 19.5 Å². The summed E-state index contributed by atoms with van der Waals surface area (Å²) in [4.78, 5) is 8.86. The predicted octanol–water partition coefficient (Wildman–Crippen LogP) is 3.66. The predicted molar refractivity (Wildman–Crippen MR) is 109 cm³/mol. The molecule has 0 saturated heterocycles. The van der Waals surface area contributed by atoms with Crippen LogP contribution in [0.5, 0.6) is 17.2 Å². The van der Waals surface area contributed by atoms with Gasteiger partial charge in [-0.2, -0.15) is 5.10 Å². The standard InChI is InChI=1S/C20H27N5O3/c1-8-25-13(4)16(12(3)24-25)11(2)23-20-14-9-15(26-5)18(27-6)19(28-7)17(14)21-10-22-20/h9-11H,8H2,1-7H3,(H,21,22,23). The molecule has 3 aromatic rings. The van der Waals surface area contributed by atoms with Crippen LogP contribution in [0.4, 0.5) is 5.82 Å². The number of methoxy groups -OCH3 is 3. The number of ether oxygens (including phenoxy) is 3. The molecule has 0 aliphatic rings. The largest absolute Gasteiger partial charge is 0.493 e.